The van der Waals surface area contributed by atoms with Crippen LogP contribution in [0.15, 0.2) is 18.3 Å². The summed E-state index contributed by atoms with van der Waals surface area (Å²) < 4.78 is 0. The van der Waals surface area contributed by atoms with Crippen LogP contribution in [0.3, 0.4) is 0 Å². The molecular formula is C10H13N3O3. The molecule has 1 aromatic heterocycles. The monoisotopic (exact) mass is 223 g/mol. The van der Waals surface area contributed by atoms with Gasteiger partial charge in [0, 0.05) is 12.7 Å². The van der Waals surface area contributed by atoms with E-state index in [1.54, 1.807) is 0 Å². The number of rotatable bonds is 5. The third kappa shape index (κ3) is 3.32. The van der Waals surface area contributed by atoms with Crippen molar-refractivity contribution in [3.63, 3.8) is 0 Å². The molecule has 0 unspecified atom stereocenters. The van der Waals surface area contributed by atoms with Crippen molar-refractivity contribution in [2.24, 2.45) is 5.73 Å². The van der Waals surface area contributed by atoms with Gasteiger partial charge < -0.3 is 16.2 Å². The number of nitrogens with one attached hydrogen (secondary N) is 1. The van der Waals surface area contributed by atoms with E-state index < -0.39 is 5.97 Å². The van der Waals surface area contributed by atoms with Crippen molar-refractivity contribution >= 4 is 11.9 Å². The van der Waals surface area contributed by atoms with Gasteiger partial charge in [-0.2, -0.15) is 0 Å². The van der Waals surface area contributed by atoms with E-state index >= 15 is 0 Å². The lowest BCUT2D eigenvalue weighted by molar-refractivity contribution is 0.0695. The molecule has 0 spiro atoms. The summed E-state index contributed by atoms with van der Waals surface area (Å²) in [6.45, 7) is 0.989. The highest BCUT2D eigenvalue weighted by Crippen LogP contribution is 2.00. The van der Waals surface area contributed by atoms with E-state index in [0.29, 0.717) is 19.5 Å². The van der Waals surface area contributed by atoms with Gasteiger partial charge in [-0.25, -0.2) is 4.79 Å². The number of carbonyl (C=O) groups excluding carboxylic acids is 1. The largest absolute Gasteiger partial charge is 0.478 e. The minimum atomic E-state index is -1.07. The summed E-state index contributed by atoms with van der Waals surface area (Å²) in [7, 11) is 0. The van der Waals surface area contributed by atoms with Crippen molar-refractivity contribution < 1.29 is 14.7 Å². The van der Waals surface area contributed by atoms with Gasteiger partial charge in [0.25, 0.3) is 5.91 Å². The third-order valence-corrected chi connectivity index (χ3v) is 1.91. The molecule has 0 bridgehead atoms. The van der Waals surface area contributed by atoms with Gasteiger partial charge in [-0.15, -0.1) is 0 Å². The maximum atomic E-state index is 11.4. The van der Waals surface area contributed by atoms with Crippen molar-refractivity contribution in [3.05, 3.63) is 29.6 Å². The Morgan fingerprint density at radius 1 is 1.44 bits per heavy atom. The van der Waals surface area contributed by atoms with E-state index in [1.165, 1.54) is 12.1 Å². The van der Waals surface area contributed by atoms with Gasteiger partial charge in [-0.3, -0.25) is 9.78 Å². The molecule has 0 fully saturated rings. The molecule has 1 rings (SSSR count). The molecule has 0 aliphatic rings. The molecule has 6 nitrogen and oxygen atoms in total. The Kier molecular flexibility index (Phi) is 4.41. The Labute approximate surface area is 92.5 Å². The van der Waals surface area contributed by atoms with Crippen LogP contribution in [0.1, 0.15) is 27.3 Å². The molecule has 1 amide bonds. The second-order valence-electron chi connectivity index (χ2n) is 3.14. The number of aromatic nitrogens is 1. The zero-order valence-corrected chi connectivity index (χ0v) is 8.64. The number of amides is 1. The lowest BCUT2D eigenvalue weighted by Gasteiger charge is -2.03. The van der Waals surface area contributed by atoms with E-state index in [9.17, 15) is 9.59 Å². The van der Waals surface area contributed by atoms with Crippen LogP contribution >= 0.6 is 0 Å². The first-order valence-electron chi connectivity index (χ1n) is 4.82. The summed E-state index contributed by atoms with van der Waals surface area (Å²) >= 11 is 0. The van der Waals surface area contributed by atoms with Crippen molar-refractivity contribution in [2.45, 2.75) is 6.42 Å². The maximum absolute atomic E-state index is 11.4. The minimum Gasteiger partial charge on any atom is -0.478 e. The van der Waals surface area contributed by atoms with Crippen molar-refractivity contribution in [3.8, 4) is 0 Å². The molecule has 0 saturated carbocycles. The molecule has 16 heavy (non-hydrogen) atoms. The summed E-state index contributed by atoms with van der Waals surface area (Å²) in [5.41, 5.74) is 5.52. The molecule has 1 aromatic rings. The average Bonchev–Trinajstić information content (AvgIpc) is 2.29. The number of pyridine rings is 1. The Balaban J connectivity index is 2.59. The van der Waals surface area contributed by atoms with Crippen LogP contribution in [-0.2, 0) is 0 Å². The summed E-state index contributed by atoms with van der Waals surface area (Å²) in [5.74, 6) is -1.40. The molecule has 4 N–H and O–H groups in total. The van der Waals surface area contributed by atoms with Crippen molar-refractivity contribution in [1.82, 2.24) is 10.3 Å². The molecular weight excluding hydrogens is 210 g/mol. The van der Waals surface area contributed by atoms with Crippen molar-refractivity contribution in [1.29, 1.82) is 0 Å². The molecule has 0 aliphatic carbocycles. The number of carboxylic acid groups (broad SMARTS) is 1. The van der Waals surface area contributed by atoms with Gasteiger partial charge in [-0.05, 0) is 25.1 Å². The van der Waals surface area contributed by atoms with Crippen LogP contribution in [0, 0.1) is 0 Å². The van der Waals surface area contributed by atoms with Gasteiger partial charge in [0.2, 0.25) is 0 Å². The predicted octanol–water partition coefficient (Wildman–Crippen LogP) is -0.142. The molecule has 0 atom stereocenters. The molecule has 0 aliphatic heterocycles. The van der Waals surface area contributed by atoms with Crippen LogP contribution in [0.5, 0.6) is 0 Å². The normalized spacial score (nSPS) is 9.81. The highest BCUT2D eigenvalue weighted by Gasteiger charge is 2.08. The molecule has 0 radical (unpaired) electrons. The number of nitrogens with zero attached hydrogens (tertiary/aromatic N) is 1. The van der Waals surface area contributed by atoms with Gasteiger partial charge in [0.15, 0.2) is 0 Å². The third-order valence-electron chi connectivity index (χ3n) is 1.91. The number of carboxylic acids is 1. The molecule has 86 valence electrons. The number of carbonyl (C=O) groups is 2. The van der Waals surface area contributed by atoms with E-state index in [4.69, 9.17) is 10.8 Å². The fourth-order valence-electron chi connectivity index (χ4n) is 1.05. The van der Waals surface area contributed by atoms with Gasteiger partial charge in [0.1, 0.15) is 5.69 Å². The number of nitrogens with two attached hydrogens (primary N) is 1. The van der Waals surface area contributed by atoms with E-state index in [-0.39, 0.29) is 17.2 Å². The number of aromatic carboxylic acids is 1. The summed E-state index contributed by atoms with van der Waals surface area (Å²) in [6.07, 6.45) is 1.85. The predicted molar refractivity (Wildman–Crippen MR) is 57.2 cm³/mol. The first-order chi connectivity index (χ1) is 7.65. The minimum absolute atomic E-state index is 0.0542. The van der Waals surface area contributed by atoms with Crippen LogP contribution < -0.4 is 11.1 Å². The average molecular weight is 223 g/mol. The van der Waals surface area contributed by atoms with Crippen molar-refractivity contribution in [2.75, 3.05) is 13.1 Å². The summed E-state index contributed by atoms with van der Waals surface area (Å²) in [4.78, 5) is 25.7. The van der Waals surface area contributed by atoms with E-state index in [0.717, 1.165) is 6.20 Å². The molecule has 6 heteroatoms. The summed E-state index contributed by atoms with van der Waals surface area (Å²) in [6, 6.07) is 2.72. The van der Waals surface area contributed by atoms with E-state index in [2.05, 4.69) is 10.3 Å². The highest BCUT2D eigenvalue weighted by atomic mass is 16.4. The maximum Gasteiger partial charge on any atom is 0.337 e. The molecule has 0 aromatic carbocycles. The van der Waals surface area contributed by atoms with Gasteiger partial charge >= 0.3 is 5.97 Å². The Bertz CT molecular complexity index is 375. The van der Waals surface area contributed by atoms with Crippen LogP contribution in [0.4, 0.5) is 0 Å². The first-order valence-corrected chi connectivity index (χ1v) is 4.82. The fourth-order valence-corrected chi connectivity index (χ4v) is 1.05. The Hall–Kier alpha value is -1.95. The second-order valence-corrected chi connectivity index (χ2v) is 3.14. The second kappa shape index (κ2) is 5.82. The fraction of sp³-hybridized carbons (Fsp3) is 0.300. The molecule has 0 saturated heterocycles. The van der Waals surface area contributed by atoms with Crippen LogP contribution in [-0.4, -0.2) is 35.1 Å². The highest BCUT2D eigenvalue weighted by molar-refractivity contribution is 5.93. The molecule has 1 heterocycles. The lowest BCUT2D eigenvalue weighted by atomic mass is 10.2. The standard InChI is InChI=1S/C10H13N3O3/c11-4-1-5-12-9(14)8-3-2-7(6-13-8)10(15)16/h2-3,6H,1,4-5,11H2,(H,12,14)(H,15,16). The quantitative estimate of drug-likeness (QED) is 0.602. The van der Waals surface area contributed by atoms with E-state index in [1.807, 2.05) is 0 Å². The summed E-state index contributed by atoms with van der Waals surface area (Å²) in [5, 5.41) is 11.3. The van der Waals surface area contributed by atoms with Gasteiger partial charge in [0.05, 0.1) is 5.56 Å². The zero-order valence-electron chi connectivity index (χ0n) is 8.64. The smallest absolute Gasteiger partial charge is 0.337 e. The number of hydrogen-bond acceptors (Lipinski definition) is 4. The van der Waals surface area contributed by atoms with Gasteiger partial charge in [-0.1, -0.05) is 0 Å². The van der Waals surface area contributed by atoms with Crippen LogP contribution in [0.25, 0.3) is 0 Å². The SMILES string of the molecule is NCCCNC(=O)c1ccc(C(=O)O)cn1. The lowest BCUT2D eigenvalue weighted by Crippen LogP contribution is -2.26. The van der Waals surface area contributed by atoms with Crippen LogP contribution in [0.2, 0.25) is 0 Å². The zero-order chi connectivity index (χ0) is 12.0. The first kappa shape index (κ1) is 12.1. The topological polar surface area (TPSA) is 105 Å². The number of hydrogen-bond donors (Lipinski definition) is 3. The Morgan fingerprint density at radius 2 is 2.19 bits per heavy atom. The Morgan fingerprint density at radius 3 is 2.69 bits per heavy atom.